The molecule has 1 saturated carbocycles. The van der Waals surface area contributed by atoms with Gasteiger partial charge < -0.3 is 9.32 Å². The smallest absolute Gasteiger partial charge is 0.257 e. The molecule has 1 amide bonds. The standard InChI is InChI=1S/C14H20BrNO2/c1-8-9(2)18-10(3)13(8)14(17)16(4)7-11-5-12(15)6-11/h11-12H,5-7H2,1-4H3. The minimum Gasteiger partial charge on any atom is -0.466 e. The largest absolute Gasteiger partial charge is 0.466 e. The topological polar surface area (TPSA) is 33.5 Å². The number of carbonyl (C=O) groups excluding carboxylic acids is 1. The molecule has 0 bridgehead atoms. The average molecular weight is 314 g/mol. The average Bonchev–Trinajstić information content (AvgIpc) is 2.50. The van der Waals surface area contributed by atoms with Crippen molar-refractivity contribution in [1.82, 2.24) is 4.90 Å². The summed E-state index contributed by atoms with van der Waals surface area (Å²) in [4.78, 5) is 14.9. The zero-order valence-corrected chi connectivity index (χ0v) is 13.0. The van der Waals surface area contributed by atoms with Crippen molar-refractivity contribution in [3.8, 4) is 0 Å². The number of amides is 1. The van der Waals surface area contributed by atoms with Crippen LogP contribution in [0.2, 0.25) is 0 Å². The highest BCUT2D eigenvalue weighted by atomic mass is 79.9. The molecule has 1 aliphatic carbocycles. The maximum Gasteiger partial charge on any atom is 0.257 e. The summed E-state index contributed by atoms with van der Waals surface area (Å²) in [6, 6.07) is 0. The molecule has 2 rings (SSSR count). The normalized spacial score (nSPS) is 22.7. The minimum atomic E-state index is 0.0832. The molecule has 0 N–H and O–H groups in total. The lowest BCUT2D eigenvalue weighted by atomic mass is 9.85. The molecule has 1 heterocycles. The van der Waals surface area contributed by atoms with Gasteiger partial charge in [-0.25, -0.2) is 0 Å². The first kappa shape index (κ1) is 13.7. The first-order valence-electron chi connectivity index (χ1n) is 6.36. The number of nitrogens with zero attached hydrogens (tertiary/aromatic N) is 1. The van der Waals surface area contributed by atoms with E-state index >= 15 is 0 Å². The molecule has 4 heteroatoms. The van der Waals surface area contributed by atoms with Crippen molar-refractivity contribution in [3.63, 3.8) is 0 Å². The SMILES string of the molecule is Cc1oc(C)c(C(=O)N(C)CC2CC(Br)C2)c1C. The van der Waals surface area contributed by atoms with Crippen molar-refractivity contribution in [3.05, 3.63) is 22.6 Å². The molecular weight excluding hydrogens is 294 g/mol. The Balaban J connectivity index is 2.06. The number of aryl methyl sites for hydroxylation is 2. The molecule has 0 radical (unpaired) electrons. The van der Waals surface area contributed by atoms with Gasteiger partial charge in [-0.3, -0.25) is 4.79 Å². The maximum absolute atomic E-state index is 12.4. The Hall–Kier alpha value is -0.770. The number of hydrogen-bond donors (Lipinski definition) is 0. The van der Waals surface area contributed by atoms with E-state index in [-0.39, 0.29) is 5.91 Å². The molecule has 1 aliphatic rings. The second-order valence-electron chi connectivity index (χ2n) is 5.33. The molecule has 0 aromatic carbocycles. The molecule has 0 unspecified atom stereocenters. The van der Waals surface area contributed by atoms with E-state index in [1.54, 1.807) is 0 Å². The molecule has 18 heavy (non-hydrogen) atoms. The fourth-order valence-electron chi connectivity index (χ4n) is 2.57. The molecule has 0 aliphatic heterocycles. The van der Waals surface area contributed by atoms with Crippen molar-refractivity contribution in [2.75, 3.05) is 13.6 Å². The number of carbonyl (C=O) groups is 1. The van der Waals surface area contributed by atoms with Crippen LogP contribution in [0.15, 0.2) is 4.42 Å². The van der Waals surface area contributed by atoms with Crippen LogP contribution < -0.4 is 0 Å². The fourth-order valence-corrected chi connectivity index (χ4v) is 3.63. The van der Waals surface area contributed by atoms with E-state index in [0.29, 0.717) is 10.7 Å². The Morgan fingerprint density at radius 2 is 1.94 bits per heavy atom. The zero-order valence-electron chi connectivity index (χ0n) is 11.4. The molecule has 100 valence electrons. The number of alkyl halides is 1. The second kappa shape index (κ2) is 5.08. The minimum absolute atomic E-state index is 0.0832. The lowest BCUT2D eigenvalue weighted by molar-refractivity contribution is 0.0746. The third-order valence-electron chi connectivity index (χ3n) is 3.83. The molecule has 1 fully saturated rings. The van der Waals surface area contributed by atoms with Crippen LogP contribution in [0.25, 0.3) is 0 Å². The second-order valence-corrected chi connectivity index (χ2v) is 6.63. The van der Waals surface area contributed by atoms with E-state index in [4.69, 9.17) is 4.42 Å². The van der Waals surface area contributed by atoms with E-state index in [2.05, 4.69) is 15.9 Å². The Kier molecular flexibility index (Phi) is 3.85. The van der Waals surface area contributed by atoms with Crippen LogP contribution in [0.4, 0.5) is 0 Å². The van der Waals surface area contributed by atoms with Gasteiger partial charge >= 0.3 is 0 Å². The van der Waals surface area contributed by atoms with Gasteiger partial charge in [0.1, 0.15) is 11.5 Å². The molecule has 3 nitrogen and oxygen atoms in total. The van der Waals surface area contributed by atoms with Crippen molar-refractivity contribution < 1.29 is 9.21 Å². The Labute approximate surface area is 117 Å². The fraction of sp³-hybridized carbons (Fsp3) is 0.643. The van der Waals surface area contributed by atoms with Crippen LogP contribution in [-0.2, 0) is 0 Å². The van der Waals surface area contributed by atoms with Crippen LogP contribution in [0.1, 0.15) is 40.3 Å². The molecule has 0 atom stereocenters. The van der Waals surface area contributed by atoms with E-state index < -0.39 is 0 Å². The number of furan rings is 1. The molecule has 0 saturated heterocycles. The van der Waals surface area contributed by atoms with E-state index in [1.165, 1.54) is 12.8 Å². The van der Waals surface area contributed by atoms with Crippen LogP contribution in [0, 0.1) is 26.7 Å². The number of rotatable bonds is 3. The van der Waals surface area contributed by atoms with E-state index in [9.17, 15) is 4.79 Å². The van der Waals surface area contributed by atoms with Gasteiger partial charge in [0, 0.05) is 24.0 Å². The summed E-state index contributed by atoms with van der Waals surface area (Å²) in [6.45, 7) is 6.55. The van der Waals surface area contributed by atoms with Crippen LogP contribution in [0.5, 0.6) is 0 Å². The van der Waals surface area contributed by atoms with Crippen LogP contribution in [-0.4, -0.2) is 29.2 Å². The summed E-state index contributed by atoms with van der Waals surface area (Å²) in [5.74, 6) is 2.29. The first-order chi connectivity index (χ1) is 8.40. The van der Waals surface area contributed by atoms with Gasteiger partial charge in [0.25, 0.3) is 5.91 Å². The maximum atomic E-state index is 12.4. The highest BCUT2D eigenvalue weighted by molar-refractivity contribution is 9.09. The summed E-state index contributed by atoms with van der Waals surface area (Å²) >= 11 is 3.58. The third kappa shape index (κ3) is 2.48. The Morgan fingerprint density at radius 3 is 2.39 bits per heavy atom. The van der Waals surface area contributed by atoms with Gasteiger partial charge in [-0.1, -0.05) is 15.9 Å². The van der Waals surface area contributed by atoms with Crippen LogP contribution in [0.3, 0.4) is 0 Å². The number of halogens is 1. The molecular formula is C14H20BrNO2. The van der Waals surface area contributed by atoms with Gasteiger partial charge in [0.2, 0.25) is 0 Å². The summed E-state index contributed by atoms with van der Waals surface area (Å²) < 4.78 is 5.52. The summed E-state index contributed by atoms with van der Waals surface area (Å²) in [5.41, 5.74) is 1.71. The molecule has 1 aromatic rings. The van der Waals surface area contributed by atoms with E-state index in [0.717, 1.165) is 29.2 Å². The van der Waals surface area contributed by atoms with Gasteiger partial charge in [-0.05, 0) is 39.5 Å². The van der Waals surface area contributed by atoms with Crippen molar-refractivity contribution >= 4 is 21.8 Å². The predicted octanol–water partition coefficient (Wildman–Crippen LogP) is 3.45. The predicted molar refractivity (Wildman–Crippen MR) is 75.3 cm³/mol. The highest BCUT2D eigenvalue weighted by Crippen LogP contribution is 2.34. The lowest BCUT2D eigenvalue weighted by Crippen LogP contribution is -2.38. The molecule has 0 spiro atoms. The Morgan fingerprint density at radius 1 is 1.33 bits per heavy atom. The summed E-state index contributed by atoms with van der Waals surface area (Å²) in [7, 11) is 1.88. The van der Waals surface area contributed by atoms with Gasteiger partial charge in [0.05, 0.1) is 5.56 Å². The third-order valence-corrected chi connectivity index (χ3v) is 4.58. The monoisotopic (exact) mass is 313 g/mol. The van der Waals surface area contributed by atoms with Gasteiger partial charge in [-0.15, -0.1) is 0 Å². The highest BCUT2D eigenvalue weighted by Gasteiger charge is 2.30. The van der Waals surface area contributed by atoms with Gasteiger partial charge in [-0.2, -0.15) is 0 Å². The molecule has 1 aromatic heterocycles. The van der Waals surface area contributed by atoms with Crippen molar-refractivity contribution in [2.45, 2.75) is 38.4 Å². The van der Waals surface area contributed by atoms with Gasteiger partial charge in [0.15, 0.2) is 0 Å². The number of hydrogen-bond acceptors (Lipinski definition) is 2. The zero-order chi connectivity index (χ0) is 13.4. The van der Waals surface area contributed by atoms with Crippen LogP contribution >= 0.6 is 15.9 Å². The quantitative estimate of drug-likeness (QED) is 0.801. The Bertz CT molecular complexity index is 461. The lowest BCUT2D eigenvalue weighted by Gasteiger charge is -2.34. The summed E-state index contributed by atoms with van der Waals surface area (Å²) in [5, 5.41) is 0. The van der Waals surface area contributed by atoms with Crippen molar-refractivity contribution in [2.24, 2.45) is 5.92 Å². The summed E-state index contributed by atoms with van der Waals surface area (Å²) in [6.07, 6.45) is 2.33. The van der Waals surface area contributed by atoms with E-state index in [1.807, 2.05) is 32.7 Å². The van der Waals surface area contributed by atoms with Crippen molar-refractivity contribution in [1.29, 1.82) is 0 Å². The first-order valence-corrected chi connectivity index (χ1v) is 7.27.